The number of nitrogens with zero attached hydrogens (tertiary/aromatic N) is 4. The third-order valence-corrected chi connectivity index (χ3v) is 5.47. The first kappa shape index (κ1) is 16.3. The molecule has 4 N–H and O–H groups in total. The fraction of sp³-hybridized carbons (Fsp3) is 0.545. The minimum Gasteiger partial charge on any atom is -0.390 e. The average Bonchev–Trinajstić information content (AvgIpc) is 2.85. The van der Waals surface area contributed by atoms with E-state index in [-0.39, 0.29) is 18.8 Å². The number of nitrogen functional groups attached to an aromatic ring is 1. The minimum absolute atomic E-state index is 0.106. The Kier molecular flexibility index (Phi) is 3.88. The summed E-state index contributed by atoms with van der Waals surface area (Å²) < 4.78 is 29.1. The highest BCUT2D eigenvalue weighted by Crippen LogP contribution is 2.51. The zero-order valence-electron chi connectivity index (χ0n) is 12.0. The molecule has 11 nitrogen and oxygen atoms in total. The second-order valence-corrected chi connectivity index (χ2v) is 7.56. The Bertz CT molecular complexity index is 848. The highest BCUT2D eigenvalue weighted by atomic mass is 79.9. The number of ether oxygens (including phenoxy) is 1. The van der Waals surface area contributed by atoms with E-state index in [9.17, 15) is 14.6 Å². The number of fused-ring (bicyclic) bond motifs is 2. The summed E-state index contributed by atoms with van der Waals surface area (Å²) in [5.41, 5.74) is 6.64. The van der Waals surface area contributed by atoms with Gasteiger partial charge in [0.1, 0.15) is 24.8 Å². The largest absolute Gasteiger partial charge is 0.472 e. The maximum Gasteiger partial charge on any atom is 0.472 e. The van der Waals surface area contributed by atoms with Crippen LogP contribution in [-0.4, -0.2) is 54.4 Å². The lowest BCUT2D eigenvalue weighted by atomic mass is 10.0. The lowest BCUT2D eigenvalue weighted by molar-refractivity contribution is -0.211. The lowest BCUT2D eigenvalue weighted by Crippen LogP contribution is -2.51. The highest BCUT2D eigenvalue weighted by molar-refractivity contribution is 9.10. The van der Waals surface area contributed by atoms with Crippen molar-refractivity contribution in [1.82, 2.24) is 19.5 Å². The van der Waals surface area contributed by atoms with Gasteiger partial charge in [-0.05, 0) is 15.9 Å². The molecule has 0 aromatic carbocycles. The molecule has 13 heteroatoms. The van der Waals surface area contributed by atoms with Gasteiger partial charge in [0.15, 0.2) is 21.7 Å². The van der Waals surface area contributed by atoms with Crippen LogP contribution in [-0.2, 0) is 18.3 Å². The first-order valence-corrected chi connectivity index (χ1v) is 9.28. The maximum atomic E-state index is 11.5. The fourth-order valence-electron chi connectivity index (χ4n) is 2.87. The number of hydrogen-bond acceptors (Lipinski definition) is 9. The van der Waals surface area contributed by atoms with Crippen molar-refractivity contribution >= 4 is 40.7 Å². The fourth-order valence-corrected chi connectivity index (χ4v) is 4.42. The van der Waals surface area contributed by atoms with Crippen molar-refractivity contribution in [3.05, 3.63) is 11.1 Å². The molecule has 0 saturated carbocycles. The average molecular weight is 422 g/mol. The second-order valence-electron chi connectivity index (χ2n) is 5.45. The molecule has 0 radical (unpaired) electrons. The number of phosphoric ester groups is 1. The standard InChI is InChI=1S/C11H13BrN5O6P/c12-11-16-7-9(13)14-3-15-10(7)17(11)6-1-4(18)8-5(22-6)2-21-24(19,20)23-8/h3-6,8,18H,1-2H2,(H,19,20)(H2,13,14,15). The monoisotopic (exact) mass is 421 g/mol. The van der Waals surface area contributed by atoms with E-state index in [1.165, 1.54) is 6.33 Å². The van der Waals surface area contributed by atoms with Crippen molar-refractivity contribution in [2.24, 2.45) is 0 Å². The van der Waals surface area contributed by atoms with Crippen molar-refractivity contribution in [2.75, 3.05) is 12.3 Å². The molecule has 2 fully saturated rings. The van der Waals surface area contributed by atoms with Crippen molar-refractivity contribution in [3.8, 4) is 0 Å². The van der Waals surface area contributed by atoms with Crippen LogP contribution in [0.1, 0.15) is 12.6 Å². The minimum atomic E-state index is -4.15. The van der Waals surface area contributed by atoms with Crippen LogP contribution in [0.25, 0.3) is 11.2 Å². The summed E-state index contributed by atoms with van der Waals surface area (Å²) >= 11 is 3.33. The third kappa shape index (κ3) is 2.64. The van der Waals surface area contributed by atoms with E-state index in [0.717, 1.165) is 0 Å². The van der Waals surface area contributed by atoms with Crippen LogP contribution in [0, 0.1) is 0 Å². The summed E-state index contributed by atoms with van der Waals surface area (Å²) in [6.07, 6.45) is -1.91. The van der Waals surface area contributed by atoms with Gasteiger partial charge in [0.2, 0.25) is 0 Å². The van der Waals surface area contributed by atoms with Crippen LogP contribution in [0.4, 0.5) is 5.82 Å². The Hall–Kier alpha value is -1.14. The number of aliphatic hydroxyl groups is 1. The number of halogens is 1. The van der Waals surface area contributed by atoms with Crippen LogP contribution < -0.4 is 5.73 Å². The Labute approximate surface area is 143 Å². The van der Waals surface area contributed by atoms with Gasteiger partial charge in [-0.25, -0.2) is 19.5 Å². The number of aromatic nitrogens is 4. The summed E-state index contributed by atoms with van der Waals surface area (Å²) in [4.78, 5) is 21.7. The summed E-state index contributed by atoms with van der Waals surface area (Å²) in [6.45, 7) is -0.173. The normalized spacial score (nSPS) is 36.6. The number of nitrogens with two attached hydrogens (primary N) is 1. The predicted octanol–water partition coefficient (Wildman–Crippen LogP) is 0.335. The van der Waals surface area contributed by atoms with E-state index < -0.39 is 32.4 Å². The van der Waals surface area contributed by atoms with Gasteiger partial charge in [-0.15, -0.1) is 0 Å². The van der Waals surface area contributed by atoms with Gasteiger partial charge in [0.25, 0.3) is 0 Å². The molecule has 2 aromatic heterocycles. The molecule has 4 heterocycles. The Morgan fingerprint density at radius 1 is 1.46 bits per heavy atom. The van der Waals surface area contributed by atoms with Crippen LogP contribution in [0.15, 0.2) is 11.1 Å². The zero-order valence-corrected chi connectivity index (χ0v) is 14.5. The van der Waals surface area contributed by atoms with Crippen molar-refractivity contribution < 1.29 is 28.3 Å². The van der Waals surface area contributed by atoms with Crippen molar-refractivity contribution in [3.63, 3.8) is 0 Å². The topological polar surface area (TPSA) is 155 Å². The number of imidazole rings is 1. The van der Waals surface area contributed by atoms with E-state index in [0.29, 0.717) is 15.9 Å². The molecule has 2 aliphatic heterocycles. The Balaban J connectivity index is 1.69. The molecule has 2 aromatic rings. The van der Waals surface area contributed by atoms with Crippen LogP contribution >= 0.6 is 23.8 Å². The zero-order chi connectivity index (χ0) is 17.1. The van der Waals surface area contributed by atoms with Crippen LogP contribution in [0.3, 0.4) is 0 Å². The summed E-state index contributed by atoms with van der Waals surface area (Å²) in [7, 11) is -4.15. The summed E-state index contributed by atoms with van der Waals surface area (Å²) in [5, 5.41) is 10.3. The molecular weight excluding hydrogens is 409 g/mol. The molecule has 0 bridgehead atoms. The Morgan fingerprint density at radius 2 is 2.25 bits per heavy atom. The molecule has 2 saturated heterocycles. The molecule has 130 valence electrons. The van der Waals surface area contributed by atoms with Crippen molar-refractivity contribution in [1.29, 1.82) is 0 Å². The third-order valence-electron chi connectivity index (χ3n) is 3.93. The molecule has 2 aliphatic rings. The van der Waals surface area contributed by atoms with Gasteiger partial charge in [-0.1, -0.05) is 0 Å². The van der Waals surface area contributed by atoms with Crippen molar-refractivity contribution in [2.45, 2.75) is 31.0 Å². The molecule has 0 aliphatic carbocycles. The maximum absolute atomic E-state index is 11.5. The molecular formula is C11H13BrN5O6P. The van der Waals surface area contributed by atoms with Gasteiger partial charge < -0.3 is 20.5 Å². The van der Waals surface area contributed by atoms with Crippen LogP contribution in [0.2, 0.25) is 0 Å². The van der Waals surface area contributed by atoms with E-state index in [1.807, 2.05) is 0 Å². The second kappa shape index (κ2) is 5.70. The van der Waals surface area contributed by atoms with E-state index in [4.69, 9.17) is 19.5 Å². The van der Waals surface area contributed by atoms with Gasteiger partial charge in [-0.3, -0.25) is 13.6 Å². The molecule has 5 atom stereocenters. The summed E-state index contributed by atoms with van der Waals surface area (Å²) in [6, 6.07) is 0. The van der Waals surface area contributed by atoms with Gasteiger partial charge >= 0.3 is 7.82 Å². The molecule has 5 unspecified atom stereocenters. The lowest BCUT2D eigenvalue weighted by Gasteiger charge is -2.42. The van der Waals surface area contributed by atoms with Gasteiger partial charge in [0.05, 0.1) is 12.7 Å². The highest BCUT2D eigenvalue weighted by Gasteiger charge is 2.48. The first-order chi connectivity index (χ1) is 11.4. The van der Waals surface area contributed by atoms with Gasteiger partial charge in [-0.2, -0.15) is 0 Å². The molecule has 4 rings (SSSR count). The smallest absolute Gasteiger partial charge is 0.390 e. The van der Waals surface area contributed by atoms with E-state index >= 15 is 0 Å². The SMILES string of the molecule is Nc1ncnc2c1nc(Br)n2C1CC(O)C2OP(=O)(O)OCC2O1. The quantitative estimate of drug-likeness (QED) is 0.433. The number of aliphatic hydroxyl groups excluding tert-OH is 1. The molecule has 0 spiro atoms. The van der Waals surface area contributed by atoms with E-state index in [2.05, 4.69) is 30.9 Å². The molecule has 24 heavy (non-hydrogen) atoms. The Morgan fingerprint density at radius 3 is 3.04 bits per heavy atom. The predicted molar refractivity (Wildman–Crippen MR) is 82.6 cm³/mol. The van der Waals surface area contributed by atoms with Crippen LogP contribution in [0.5, 0.6) is 0 Å². The number of hydrogen-bond donors (Lipinski definition) is 3. The van der Waals surface area contributed by atoms with Gasteiger partial charge in [0, 0.05) is 6.42 Å². The first-order valence-electron chi connectivity index (χ1n) is 6.99. The number of rotatable bonds is 1. The number of anilines is 1. The number of phosphoric acid groups is 1. The summed E-state index contributed by atoms with van der Waals surface area (Å²) in [5.74, 6) is 0.222. The molecule has 0 amide bonds. The van der Waals surface area contributed by atoms with E-state index in [1.54, 1.807) is 4.57 Å².